The molecule has 0 radical (unpaired) electrons. The largest absolute Gasteiger partial charge is 0.543 e. The molecule has 2 amide bonds. The second kappa shape index (κ2) is 14.4. The zero-order chi connectivity index (χ0) is 30.9. The van der Waals surface area contributed by atoms with Crippen LogP contribution < -0.4 is 15.1 Å². The Hall–Kier alpha value is -3.20. The van der Waals surface area contributed by atoms with Crippen LogP contribution in [0.2, 0.25) is 16.6 Å². The summed E-state index contributed by atoms with van der Waals surface area (Å²) in [5, 5.41) is 14.3. The Morgan fingerprint density at radius 2 is 0.975 bits per heavy atom. The molecule has 0 unspecified atom stereocenters. The minimum Gasteiger partial charge on any atom is -0.543 e. The molecule has 0 atom stereocenters. The van der Waals surface area contributed by atoms with Crippen LogP contribution in [0.1, 0.15) is 83.1 Å². The van der Waals surface area contributed by atoms with Gasteiger partial charge in [-0.05, 0) is 107 Å². The van der Waals surface area contributed by atoms with Crippen molar-refractivity contribution in [1.29, 1.82) is 0 Å². The second-order valence-electron chi connectivity index (χ2n) is 12.7. The fourth-order valence-corrected chi connectivity index (χ4v) is 9.80. The molecule has 40 heavy (non-hydrogen) atoms. The first-order valence-corrected chi connectivity index (χ1v) is 16.0. The van der Waals surface area contributed by atoms with E-state index in [-0.39, 0.29) is 5.75 Å². The molecule has 0 spiro atoms. The van der Waals surface area contributed by atoms with Gasteiger partial charge < -0.3 is 19.0 Å². The lowest BCUT2D eigenvalue weighted by Gasteiger charge is -2.42. The number of hydrogen-bond acceptors (Lipinski definition) is 6. The highest BCUT2D eigenvalue weighted by Gasteiger charge is 2.46. The highest BCUT2D eigenvalue weighted by molar-refractivity contribution is 6.78. The van der Waals surface area contributed by atoms with Crippen molar-refractivity contribution >= 4 is 31.9 Å². The number of anilines is 2. The van der Waals surface area contributed by atoms with E-state index in [1.54, 1.807) is 32.9 Å². The zero-order valence-corrected chi connectivity index (χ0v) is 27.3. The highest BCUT2D eigenvalue weighted by atomic mass is 28.4. The van der Waals surface area contributed by atoms with Crippen LogP contribution in [0.25, 0.3) is 0 Å². The van der Waals surface area contributed by atoms with Crippen LogP contribution in [0.5, 0.6) is 11.5 Å². The van der Waals surface area contributed by atoms with Crippen LogP contribution in [0.3, 0.4) is 0 Å². The minimum atomic E-state index is -1.96. The summed E-state index contributed by atoms with van der Waals surface area (Å²) in [6, 6.07) is 13.8. The van der Waals surface area contributed by atoms with Gasteiger partial charge in [-0.25, -0.2) is 9.59 Å². The normalized spacial score (nSPS) is 12.0. The average molecular weight is 575 g/mol. The Labute approximate surface area is 241 Å². The predicted octanol–water partition coefficient (Wildman–Crippen LogP) is 9.33. The first kappa shape index (κ1) is 34.8. The van der Waals surface area contributed by atoms with Crippen LogP contribution >= 0.6 is 0 Å². The van der Waals surface area contributed by atoms with Crippen LogP contribution in [-0.2, 0) is 9.47 Å². The summed E-state index contributed by atoms with van der Waals surface area (Å²) in [5.41, 5.74) is 1.83. The number of nitrogens with one attached hydrogen (secondary N) is 2. The molecule has 0 aliphatic rings. The van der Waals surface area contributed by atoms with E-state index in [9.17, 15) is 9.59 Å². The SMILES string of the molecule is CC(C)(C)OC(=O)Nc1ccc(O)cc1.CC(C)[Si](Oc1ccc(NC(=O)OC(C)(C)C)cc1)(C(C)C)C(C)C. The monoisotopic (exact) mass is 574 g/mol. The van der Waals surface area contributed by atoms with Gasteiger partial charge in [-0.2, -0.15) is 0 Å². The van der Waals surface area contributed by atoms with Crippen LogP contribution in [0, 0.1) is 0 Å². The Balaban J connectivity index is 0.000000453. The summed E-state index contributed by atoms with van der Waals surface area (Å²) >= 11 is 0. The van der Waals surface area contributed by atoms with E-state index < -0.39 is 31.7 Å². The zero-order valence-electron chi connectivity index (χ0n) is 26.3. The molecule has 0 aliphatic heterocycles. The number of phenols is 1. The number of hydrogen-bond donors (Lipinski definition) is 3. The average Bonchev–Trinajstić information content (AvgIpc) is 2.77. The van der Waals surface area contributed by atoms with Crippen molar-refractivity contribution in [2.75, 3.05) is 10.6 Å². The molecule has 2 rings (SSSR count). The number of carbonyl (C=O) groups excluding carboxylic acids is 2. The lowest BCUT2D eigenvalue weighted by Crippen LogP contribution is -2.50. The lowest BCUT2D eigenvalue weighted by atomic mass is 10.2. The van der Waals surface area contributed by atoms with Gasteiger partial charge in [0.05, 0.1) is 0 Å². The summed E-state index contributed by atoms with van der Waals surface area (Å²) in [5.74, 6) is 1.03. The molecule has 224 valence electrons. The van der Waals surface area contributed by atoms with Gasteiger partial charge in [-0.15, -0.1) is 0 Å². The quantitative estimate of drug-likeness (QED) is 0.225. The van der Waals surface area contributed by atoms with E-state index in [0.717, 1.165) is 5.75 Å². The summed E-state index contributed by atoms with van der Waals surface area (Å²) < 4.78 is 17.0. The standard InChI is InChI=1S/C20H35NO3Si.C11H15NO3/c1-14(2)25(15(3)4,16(5)6)24-18-12-10-17(11-13-18)21-19(22)23-20(7,8)9;1-11(2,3)15-10(14)12-8-4-6-9(13)7-5-8/h10-16H,1-9H3,(H,21,22);4-7,13H,1-3H3,(H,12,14). The van der Waals surface area contributed by atoms with Crippen molar-refractivity contribution in [2.24, 2.45) is 0 Å². The van der Waals surface area contributed by atoms with Crippen LogP contribution in [-0.4, -0.2) is 36.8 Å². The summed E-state index contributed by atoms with van der Waals surface area (Å²) in [6.07, 6.45) is -0.954. The van der Waals surface area contributed by atoms with Crippen molar-refractivity contribution in [2.45, 2.75) is 111 Å². The topological polar surface area (TPSA) is 106 Å². The number of carbonyl (C=O) groups is 2. The predicted molar refractivity (Wildman–Crippen MR) is 166 cm³/mol. The molecule has 9 heteroatoms. The van der Waals surface area contributed by atoms with Crippen LogP contribution in [0.15, 0.2) is 48.5 Å². The molecule has 2 aromatic carbocycles. The number of ether oxygens (including phenoxy) is 2. The molecule has 0 saturated heterocycles. The maximum atomic E-state index is 11.9. The summed E-state index contributed by atoms with van der Waals surface area (Å²) in [7, 11) is -1.96. The highest BCUT2D eigenvalue weighted by Crippen LogP contribution is 2.42. The maximum Gasteiger partial charge on any atom is 0.412 e. The van der Waals surface area contributed by atoms with E-state index in [0.29, 0.717) is 28.0 Å². The van der Waals surface area contributed by atoms with Gasteiger partial charge in [0.2, 0.25) is 0 Å². The van der Waals surface area contributed by atoms with Gasteiger partial charge in [0.25, 0.3) is 8.32 Å². The smallest absolute Gasteiger partial charge is 0.412 e. The lowest BCUT2D eigenvalue weighted by molar-refractivity contribution is 0.0624. The Kier molecular flexibility index (Phi) is 12.6. The molecular weight excluding hydrogens is 524 g/mol. The molecule has 3 N–H and O–H groups in total. The fourth-order valence-electron chi connectivity index (χ4n) is 4.55. The number of aromatic hydroxyl groups is 1. The Morgan fingerprint density at radius 3 is 1.27 bits per heavy atom. The molecule has 0 aromatic heterocycles. The van der Waals surface area contributed by atoms with E-state index in [1.807, 2.05) is 45.0 Å². The first-order chi connectivity index (χ1) is 18.2. The number of rotatable bonds is 7. The van der Waals surface area contributed by atoms with Crippen molar-refractivity contribution in [1.82, 2.24) is 0 Å². The van der Waals surface area contributed by atoms with Crippen molar-refractivity contribution in [3.8, 4) is 11.5 Å². The molecule has 0 saturated carbocycles. The molecule has 0 aliphatic carbocycles. The first-order valence-electron chi connectivity index (χ1n) is 13.8. The molecule has 0 fully saturated rings. The molecule has 0 bridgehead atoms. The molecule has 0 heterocycles. The van der Waals surface area contributed by atoms with Crippen molar-refractivity contribution in [3.05, 3.63) is 48.5 Å². The number of amides is 2. The number of benzene rings is 2. The maximum absolute atomic E-state index is 11.9. The van der Waals surface area contributed by atoms with E-state index >= 15 is 0 Å². The van der Waals surface area contributed by atoms with Gasteiger partial charge >= 0.3 is 12.2 Å². The number of phenolic OH excluding ortho intramolecular Hbond substituents is 1. The van der Waals surface area contributed by atoms with Crippen molar-refractivity contribution < 1.29 is 28.6 Å². The third-order valence-corrected chi connectivity index (χ3v) is 12.0. The molecule has 8 nitrogen and oxygen atoms in total. The second-order valence-corrected chi connectivity index (χ2v) is 18.1. The summed E-state index contributed by atoms with van der Waals surface area (Å²) in [4.78, 5) is 23.2. The van der Waals surface area contributed by atoms with E-state index in [4.69, 9.17) is 19.0 Å². The summed E-state index contributed by atoms with van der Waals surface area (Å²) in [6.45, 7) is 24.5. The van der Waals surface area contributed by atoms with E-state index in [2.05, 4.69) is 52.2 Å². The Bertz CT molecular complexity index is 1050. The third-order valence-electron chi connectivity index (χ3n) is 6.01. The fraction of sp³-hybridized carbons (Fsp3) is 0.548. The molecule has 2 aromatic rings. The third kappa shape index (κ3) is 11.9. The van der Waals surface area contributed by atoms with Crippen LogP contribution in [0.4, 0.5) is 21.0 Å². The van der Waals surface area contributed by atoms with Gasteiger partial charge in [0.15, 0.2) is 0 Å². The van der Waals surface area contributed by atoms with Gasteiger partial charge in [-0.3, -0.25) is 10.6 Å². The Morgan fingerprint density at radius 1 is 0.650 bits per heavy atom. The van der Waals surface area contributed by atoms with Crippen molar-refractivity contribution in [3.63, 3.8) is 0 Å². The molecular formula is C31H50N2O6Si. The van der Waals surface area contributed by atoms with Gasteiger partial charge in [0.1, 0.15) is 22.7 Å². The van der Waals surface area contributed by atoms with Gasteiger partial charge in [0, 0.05) is 11.4 Å². The minimum absolute atomic E-state index is 0.157. The van der Waals surface area contributed by atoms with Gasteiger partial charge in [-0.1, -0.05) is 41.5 Å². The van der Waals surface area contributed by atoms with E-state index in [1.165, 1.54) is 12.1 Å².